The molecule has 1 aromatic carbocycles. The molecule has 0 spiro atoms. The van der Waals surface area contributed by atoms with Gasteiger partial charge in [-0.2, -0.15) is 0 Å². The monoisotopic (exact) mass is 303 g/mol. The molecule has 2 amide bonds. The van der Waals surface area contributed by atoms with Crippen molar-refractivity contribution in [3.05, 3.63) is 35.9 Å². The van der Waals surface area contributed by atoms with Crippen LogP contribution in [0.4, 0.5) is 4.79 Å². The number of carbonyl (C=O) groups is 2. The molecule has 120 valence electrons. The predicted molar refractivity (Wildman–Crippen MR) is 86.6 cm³/mol. The fourth-order valence-corrected chi connectivity index (χ4v) is 2.67. The van der Waals surface area contributed by atoms with Crippen molar-refractivity contribution in [1.82, 2.24) is 15.5 Å². The first-order valence-corrected chi connectivity index (χ1v) is 7.93. The standard InChI is InChI=1S/C17H25N3O2/c1-14(21)7-10-18-17(22)19-16-8-11-20(12-9-16)13-15-5-3-2-4-6-15/h2-6,16H,7-13H2,1H3,(H2,18,19,22). The smallest absolute Gasteiger partial charge is 0.315 e. The number of ketones is 1. The highest BCUT2D eigenvalue weighted by molar-refractivity contribution is 5.77. The van der Waals surface area contributed by atoms with Gasteiger partial charge in [0.1, 0.15) is 5.78 Å². The average molecular weight is 303 g/mol. The van der Waals surface area contributed by atoms with Crippen LogP contribution in [0.2, 0.25) is 0 Å². The van der Waals surface area contributed by atoms with E-state index in [0.717, 1.165) is 32.5 Å². The summed E-state index contributed by atoms with van der Waals surface area (Å²) in [6.45, 7) is 4.90. The molecule has 0 bridgehead atoms. The summed E-state index contributed by atoms with van der Waals surface area (Å²) in [7, 11) is 0. The van der Waals surface area contributed by atoms with Gasteiger partial charge in [-0.3, -0.25) is 9.69 Å². The van der Waals surface area contributed by atoms with Gasteiger partial charge in [-0.15, -0.1) is 0 Å². The molecule has 0 radical (unpaired) electrons. The van der Waals surface area contributed by atoms with Crippen molar-refractivity contribution in [2.24, 2.45) is 0 Å². The molecule has 1 aliphatic rings. The van der Waals surface area contributed by atoms with Gasteiger partial charge in [0, 0.05) is 38.6 Å². The molecule has 1 heterocycles. The molecule has 22 heavy (non-hydrogen) atoms. The minimum Gasteiger partial charge on any atom is -0.338 e. The van der Waals surface area contributed by atoms with Gasteiger partial charge in [0.05, 0.1) is 0 Å². The van der Waals surface area contributed by atoms with Gasteiger partial charge < -0.3 is 10.6 Å². The first-order valence-electron chi connectivity index (χ1n) is 7.93. The van der Waals surface area contributed by atoms with Crippen LogP contribution in [0.5, 0.6) is 0 Å². The fourth-order valence-electron chi connectivity index (χ4n) is 2.67. The van der Waals surface area contributed by atoms with Crippen LogP contribution >= 0.6 is 0 Å². The topological polar surface area (TPSA) is 61.4 Å². The molecule has 5 heteroatoms. The molecule has 0 atom stereocenters. The van der Waals surface area contributed by atoms with E-state index in [2.05, 4.69) is 39.8 Å². The second-order valence-corrected chi connectivity index (χ2v) is 5.89. The van der Waals surface area contributed by atoms with Crippen LogP contribution in [-0.4, -0.2) is 42.4 Å². The quantitative estimate of drug-likeness (QED) is 0.844. The molecule has 1 aromatic rings. The van der Waals surface area contributed by atoms with Gasteiger partial charge in [0.15, 0.2) is 0 Å². The van der Waals surface area contributed by atoms with Crippen LogP contribution < -0.4 is 10.6 Å². The molecule has 5 nitrogen and oxygen atoms in total. The van der Waals surface area contributed by atoms with Crippen LogP contribution in [0.3, 0.4) is 0 Å². The summed E-state index contributed by atoms with van der Waals surface area (Å²) < 4.78 is 0. The molecule has 0 unspecified atom stereocenters. The van der Waals surface area contributed by atoms with Gasteiger partial charge in [0.25, 0.3) is 0 Å². The minimum absolute atomic E-state index is 0.0921. The van der Waals surface area contributed by atoms with Gasteiger partial charge in [-0.25, -0.2) is 4.79 Å². The predicted octanol–water partition coefficient (Wildman–Crippen LogP) is 1.93. The number of nitrogens with one attached hydrogen (secondary N) is 2. The second-order valence-electron chi connectivity index (χ2n) is 5.89. The highest BCUT2D eigenvalue weighted by atomic mass is 16.2. The zero-order valence-corrected chi connectivity index (χ0v) is 13.2. The molecule has 1 fully saturated rings. The number of amides is 2. The second kappa shape index (κ2) is 8.54. The van der Waals surface area contributed by atoms with E-state index in [0.29, 0.717) is 13.0 Å². The first-order chi connectivity index (χ1) is 10.6. The number of urea groups is 1. The van der Waals surface area contributed by atoms with Crippen molar-refractivity contribution in [3.8, 4) is 0 Å². The van der Waals surface area contributed by atoms with E-state index >= 15 is 0 Å². The number of rotatable bonds is 6. The molecular formula is C17H25N3O2. The number of likely N-dealkylation sites (tertiary alicyclic amines) is 1. The van der Waals surface area contributed by atoms with Crippen LogP contribution in [0.25, 0.3) is 0 Å². The van der Waals surface area contributed by atoms with E-state index in [1.807, 2.05) is 6.07 Å². The maximum absolute atomic E-state index is 11.7. The van der Waals surface area contributed by atoms with E-state index < -0.39 is 0 Å². The van der Waals surface area contributed by atoms with Crippen molar-refractivity contribution in [2.45, 2.75) is 38.8 Å². The summed E-state index contributed by atoms with van der Waals surface area (Å²) in [6.07, 6.45) is 2.32. The van der Waals surface area contributed by atoms with Gasteiger partial charge in [-0.1, -0.05) is 30.3 Å². The third-order valence-electron chi connectivity index (χ3n) is 3.93. The minimum atomic E-state index is -0.164. The number of Topliss-reactive ketones (excluding diaryl/α,β-unsaturated/α-hetero) is 1. The van der Waals surface area contributed by atoms with Gasteiger partial charge in [0.2, 0.25) is 0 Å². The number of benzene rings is 1. The molecule has 1 saturated heterocycles. The summed E-state index contributed by atoms with van der Waals surface area (Å²) in [5.41, 5.74) is 1.33. The van der Waals surface area contributed by atoms with Crippen molar-refractivity contribution in [3.63, 3.8) is 0 Å². The van der Waals surface area contributed by atoms with Crippen molar-refractivity contribution >= 4 is 11.8 Å². The van der Waals surface area contributed by atoms with Crippen LogP contribution in [0.1, 0.15) is 31.7 Å². The van der Waals surface area contributed by atoms with Crippen LogP contribution in [-0.2, 0) is 11.3 Å². The Morgan fingerprint density at radius 2 is 1.86 bits per heavy atom. The lowest BCUT2D eigenvalue weighted by Gasteiger charge is -2.32. The van der Waals surface area contributed by atoms with Crippen LogP contribution in [0.15, 0.2) is 30.3 Å². The third-order valence-corrected chi connectivity index (χ3v) is 3.93. The number of carbonyl (C=O) groups excluding carboxylic acids is 2. The average Bonchev–Trinajstić information content (AvgIpc) is 2.50. The lowest BCUT2D eigenvalue weighted by Crippen LogP contribution is -2.47. The Balaban J connectivity index is 1.64. The van der Waals surface area contributed by atoms with E-state index in [9.17, 15) is 9.59 Å². The molecule has 0 aromatic heterocycles. The molecule has 0 saturated carbocycles. The summed E-state index contributed by atoms with van der Waals surface area (Å²) in [5.74, 6) is 0.0921. The highest BCUT2D eigenvalue weighted by Crippen LogP contribution is 2.13. The maximum atomic E-state index is 11.7. The van der Waals surface area contributed by atoms with E-state index in [1.165, 1.54) is 12.5 Å². The highest BCUT2D eigenvalue weighted by Gasteiger charge is 2.20. The lowest BCUT2D eigenvalue weighted by atomic mass is 10.0. The summed E-state index contributed by atoms with van der Waals surface area (Å²) in [6, 6.07) is 10.5. The number of piperidine rings is 1. The summed E-state index contributed by atoms with van der Waals surface area (Å²) in [4.78, 5) is 25.0. The van der Waals surface area contributed by atoms with E-state index in [4.69, 9.17) is 0 Å². The van der Waals surface area contributed by atoms with Crippen molar-refractivity contribution < 1.29 is 9.59 Å². The van der Waals surface area contributed by atoms with E-state index in [1.54, 1.807) is 0 Å². The Bertz CT molecular complexity index is 482. The first kappa shape index (κ1) is 16.5. The molecular weight excluding hydrogens is 278 g/mol. The van der Waals surface area contributed by atoms with E-state index in [-0.39, 0.29) is 17.9 Å². The summed E-state index contributed by atoms with van der Waals surface area (Å²) >= 11 is 0. The number of hydrogen-bond donors (Lipinski definition) is 2. The van der Waals surface area contributed by atoms with Crippen LogP contribution in [0, 0.1) is 0 Å². The Hall–Kier alpha value is -1.88. The normalized spacial score (nSPS) is 16.2. The largest absolute Gasteiger partial charge is 0.338 e. The molecule has 1 aliphatic heterocycles. The van der Waals surface area contributed by atoms with Crippen molar-refractivity contribution in [2.75, 3.05) is 19.6 Å². The van der Waals surface area contributed by atoms with Gasteiger partial charge in [-0.05, 0) is 25.3 Å². The Labute approximate surface area is 132 Å². The molecule has 2 N–H and O–H groups in total. The number of nitrogens with zero attached hydrogens (tertiary/aromatic N) is 1. The SMILES string of the molecule is CC(=O)CCNC(=O)NC1CCN(Cc2ccccc2)CC1. The maximum Gasteiger partial charge on any atom is 0.315 e. The number of hydrogen-bond acceptors (Lipinski definition) is 3. The Morgan fingerprint density at radius 1 is 1.18 bits per heavy atom. The summed E-state index contributed by atoms with van der Waals surface area (Å²) in [5, 5.41) is 5.72. The Morgan fingerprint density at radius 3 is 2.50 bits per heavy atom. The fraction of sp³-hybridized carbons (Fsp3) is 0.529. The van der Waals surface area contributed by atoms with Crippen molar-refractivity contribution in [1.29, 1.82) is 0 Å². The Kier molecular flexibility index (Phi) is 6.40. The zero-order chi connectivity index (χ0) is 15.8. The molecule has 2 rings (SSSR count). The molecule has 0 aliphatic carbocycles. The third kappa shape index (κ3) is 5.85. The van der Waals surface area contributed by atoms with Gasteiger partial charge >= 0.3 is 6.03 Å². The zero-order valence-electron chi connectivity index (χ0n) is 13.2. The lowest BCUT2D eigenvalue weighted by molar-refractivity contribution is -0.116.